The number of phenols is 2. The third kappa shape index (κ3) is 2.47. The predicted octanol–water partition coefficient (Wildman–Crippen LogP) is 4.49. The molecule has 2 nitrogen and oxygen atoms in total. The van der Waals surface area contributed by atoms with Gasteiger partial charge in [0.1, 0.15) is 0 Å². The van der Waals surface area contributed by atoms with Gasteiger partial charge in [-0.05, 0) is 30.7 Å². The van der Waals surface area contributed by atoms with Crippen molar-refractivity contribution in [1.82, 2.24) is 0 Å². The van der Waals surface area contributed by atoms with Gasteiger partial charge in [-0.1, -0.05) is 51.2 Å². The standard InChI is InChI=1S/C16H24O2/c1-2-3-10-16(11-5-4-6-12-16)13-8-7-9-14(17)15(13)18/h7-9,17-18H,2-6,10-12H2,1H3. The van der Waals surface area contributed by atoms with Gasteiger partial charge in [-0.15, -0.1) is 0 Å². The zero-order chi connectivity index (χ0) is 13.0. The Labute approximate surface area is 110 Å². The molecule has 1 aromatic carbocycles. The van der Waals surface area contributed by atoms with Crippen LogP contribution in [0.25, 0.3) is 0 Å². The highest BCUT2D eigenvalue weighted by Crippen LogP contribution is 2.48. The van der Waals surface area contributed by atoms with Gasteiger partial charge < -0.3 is 10.2 Å². The van der Waals surface area contributed by atoms with E-state index in [-0.39, 0.29) is 16.9 Å². The molecule has 0 heterocycles. The molecular weight excluding hydrogens is 224 g/mol. The molecule has 0 spiro atoms. The summed E-state index contributed by atoms with van der Waals surface area (Å²) in [4.78, 5) is 0. The van der Waals surface area contributed by atoms with Crippen molar-refractivity contribution in [1.29, 1.82) is 0 Å². The molecule has 0 saturated heterocycles. The fourth-order valence-corrected chi connectivity index (χ4v) is 3.36. The van der Waals surface area contributed by atoms with Gasteiger partial charge in [-0.3, -0.25) is 0 Å². The zero-order valence-electron chi connectivity index (χ0n) is 11.3. The van der Waals surface area contributed by atoms with Crippen LogP contribution in [0, 0.1) is 0 Å². The Hall–Kier alpha value is -1.18. The van der Waals surface area contributed by atoms with Crippen molar-refractivity contribution in [3.63, 3.8) is 0 Å². The molecule has 100 valence electrons. The second kappa shape index (κ2) is 5.64. The van der Waals surface area contributed by atoms with E-state index in [2.05, 4.69) is 6.92 Å². The summed E-state index contributed by atoms with van der Waals surface area (Å²) in [5.41, 5.74) is 1.06. The van der Waals surface area contributed by atoms with Crippen molar-refractivity contribution in [3.05, 3.63) is 23.8 Å². The normalized spacial score (nSPS) is 18.7. The molecule has 0 radical (unpaired) electrons. The van der Waals surface area contributed by atoms with Crippen molar-refractivity contribution in [2.75, 3.05) is 0 Å². The quantitative estimate of drug-likeness (QED) is 0.771. The Bertz CT molecular complexity index is 392. The molecule has 0 aliphatic heterocycles. The predicted molar refractivity (Wildman–Crippen MR) is 74.1 cm³/mol. The number of phenolic OH excluding ortho intramolecular Hbond substituents is 2. The number of hydrogen-bond acceptors (Lipinski definition) is 2. The van der Waals surface area contributed by atoms with Crippen LogP contribution in [-0.2, 0) is 5.41 Å². The van der Waals surface area contributed by atoms with Gasteiger partial charge in [0.15, 0.2) is 11.5 Å². The molecular formula is C16H24O2. The molecule has 2 N–H and O–H groups in total. The number of rotatable bonds is 4. The Morgan fingerprint density at radius 3 is 2.50 bits per heavy atom. The molecule has 2 rings (SSSR count). The second-order valence-electron chi connectivity index (χ2n) is 5.62. The van der Waals surface area contributed by atoms with Gasteiger partial charge in [0, 0.05) is 5.56 Å². The maximum absolute atomic E-state index is 10.2. The van der Waals surface area contributed by atoms with Crippen LogP contribution in [0.5, 0.6) is 11.5 Å². The van der Waals surface area contributed by atoms with Gasteiger partial charge in [0.05, 0.1) is 0 Å². The SMILES string of the molecule is CCCCC1(c2cccc(O)c2O)CCCCC1. The number of hydrogen-bond donors (Lipinski definition) is 2. The highest BCUT2D eigenvalue weighted by atomic mass is 16.3. The van der Waals surface area contributed by atoms with E-state index in [0.717, 1.165) is 24.8 Å². The average molecular weight is 248 g/mol. The van der Waals surface area contributed by atoms with Crippen LogP contribution in [0.1, 0.15) is 63.9 Å². The van der Waals surface area contributed by atoms with Crippen LogP contribution < -0.4 is 0 Å². The molecule has 2 heteroatoms. The van der Waals surface area contributed by atoms with Crippen LogP contribution >= 0.6 is 0 Å². The van der Waals surface area contributed by atoms with Crippen LogP contribution in [0.15, 0.2) is 18.2 Å². The Morgan fingerprint density at radius 2 is 1.83 bits per heavy atom. The molecule has 0 amide bonds. The van der Waals surface area contributed by atoms with Gasteiger partial charge in [-0.25, -0.2) is 0 Å². The Morgan fingerprint density at radius 1 is 1.11 bits per heavy atom. The molecule has 0 aromatic heterocycles. The third-order valence-electron chi connectivity index (χ3n) is 4.41. The molecule has 1 aliphatic carbocycles. The van der Waals surface area contributed by atoms with E-state index >= 15 is 0 Å². The van der Waals surface area contributed by atoms with Gasteiger partial charge in [0.25, 0.3) is 0 Å². The number of unbranched alkanes of at least 4 members (excludes halogenated alkanes) is 1. The molecule has 0 unspecified atom stereocenters. The lowest BCUT2D eigenvalue weighted by Crippen LogP contribution is -2.29. The summed E-state index contributed by atoms with van der Waals surface area (Å²) in [5, 5.41) is 19.9. The number of aromatic hydroxyl groups is 2. The van der Waals surface area contributed by atoms with Gasteiger partial charge in [-0.2, -0.15) is 0 Å². The summed E-state index contributed by atoms with van der Waals surface area (Å²) in [6.07, 6.45) is 9.55. The monoisotopic (exact) mass is 248 g/mol. The fourth-order valence-electron chi connectivity index (χ4n) is 3.36. The van der Waals surface area contributed by atoms with Gasteiger partial charge in [0.2, 0.25) is 0 Å². The maximum atomic E-state index is 10.2. The van der Waals surface area contributed by atoms with E-state index < -0.39 is 0 Å². The first-order valence-corrected chi connectivity index (χ1v) is 7.21. The molecule has 1 fully saturated rings. The largest absolute Gasteiger partial charge is 0.504 e. The van der Waals surface area contributed by atoms with Crippen LogP contribution in [-0.4, -0.2) is 10.2 Å². The lowest BCUT2D eigenvalue weighted by Gasteiger charge is -2.38. The maximum Gasteiger partial charge on any atom is 0.161 e. The second-order valence-corrected chi connectivity index (χ2v) is 5.62. The van der Waals surface area contributed by atoms with Crippen LogP contribution in [0.3, 0.4) is 0 Å². The fraction of sp³-hybridized carbons (Fsp3) is 0.625. The highest BCUT2D eigenvalue weighted by Gasteiger charge is 2.35. The van der Waals surface area contributed by atoms with Crippen molar-refractivity contribution in [2.45, 2.75) is 63.7 Å². The minimum Gasteiger partial charge on any atom is -0.504 e. The first-order chi connectivity index (χ1) is 8.69. The van der Waals surface area contributed by atoms with Crippen molar-refractivity contribution in [3.8, 4) is 11.5 Å². The van der Waals surface area contributed by atoms with E-state index in [0.29, 0.717) is 0 Å². The average Bonchev–Trinajstić information content (AvgIpc) is 2.40. The Balaban J connectivity index is 2.35. The molecule has 18 heavy (non-hydrogen) atoms. The zero-order valence-corrected chi connectivity index (χ0v) is 11.3. The first kappa shape index (κ1) is 13.3. The van der Waals surface area contributed by atoms with Crippen LogP contribution in [0.4, 0.5) is 0 Å². The van der Waals surface area contributed by atoms with E-state index in [1.54, 1.807) is 6.07 Å². The minimum absolute atomic E-state index is 0.0222. The summed E-state index contributed by atoms with van der Waals surface area (Å²) in [6, 6.07) is 5.41. The van der Waals surface area contributed by atoms with Gasteiger partial charge >= 0.3 is 0 Å². The van der Waals surface area contributed by atoms with Crippen molar-refractivity contribution < 1.29 is 10.2 Å². The summed E-state index contributed by atoms with van der Waals surface area (Å²) >= 11 is 0. The topological polar surface area (TPSA) is 40.5 Å². The lowest BCUT2D eigenvalue weighted by molar-refractivity contribution is 0.257. The molecule has 0 bridgehead atoms. The summed E-state index contributed by atoms with van der Waals surface area (Å²) in [6.45, 7) is 2.21. The molecule has 1 saturated carbocycles. The first-order valence-electron chi connectivity index (χ1n) is 7.21. The van der Waals surface area contributed by atoms with E-state index in [1.807, 2.05) is 12.1 Å². The van der Waals surface area contributed by atoms with Crippen molar-refractivity contribution >= 4 is 0 Å². The Kier molecular flexibility index (Phi) is 4.15. The third-order valence-corrected chi connectivity index (χ3v) is 4.41. The highest BCUT2D eigenvalue weighted by molar-refractivity contribution is 5.48. The summed E-state index contributed by atoms with van der Waals surface area (Å²) in [5.74, 6) is 0.129. The van der Waals surface area contributed by atoms with E-state index in [1.165, 1.54) is 32.1 Å². The smallest absolute Gasteiger partial charge is 0.161 e. The van der Waals surface area contributed by atoms with Crippen LogP contribution in [0.2, 0.25) is 0 Å². The number of para-hydroxylation sites is 1. The molecule has 1 aliphatic rings. The van der Waals surface area contributed by atoms with Crippen molar-refractivity contribution in [2.24, 2.45) is 0 Å². The minimum atomic E-state index is 0.0222. The number of benzene rings is 1. The summed E-state index contributed by atoms with van der Waals surface area (Å²) < 4.78 is 0. The van der Waals surface area contributed by atoms with E-state index in [9.17, 15) is 10.2 Å². The molecule has 0 atom stereocenters. The van der Waals surface area contributed by atoms with E-state index in [4.69, 9.17) is 0 Å². The summed E-state index contributed by atoms with van der Waals surface area (Å²) in [7, 11) is 0. The lowest BCUT2D eigenvalue weighted by atomic mass is 9.66. The molecule has 1 aromatic rings.